The summed E-state index contributed by atoms with van der Waals surface area (Å²) in [5, 5.41) is 11.0. The van der Waals surface area contributed by atoms with Crippen molar-refractivity contribution in [2.45, 2.75) is 24.0 Å². The normalized spacial score (nSPS) is 10.9. The average Bonchev–Trinajstić information content (AvgIpc) is 3.03. The first-order chi connectivity index (χ1) is 12.0. The van der Waals surface area contributed by atoms with Crippen molar-refractivity contribution in [3.8, 4) is 11.5 Å². The van der Waals surface area contributed by atoms with Crippen molar-refractivity contribution in [3.05, 3.63) is 58.6 Å². The van der Waals surface area contributed by atoms with Crippen LogP contribution in [0.25, 0.3) is 11.5 Å². The fourth-order valence-electron chi connectivity index (χ4n) is 2.14. The van der Waals surface area contributed by atoms with Gasteiger partial charge < -0.3 is 4.42 Å². The van der Waals surface area contributed by atoms with Crippen LogP contribution in [0.15, 0.2) is 62.3 Å². The van der Waals surface area contributed by atoms with Gasteiger partial charge in [-0.25, -0.2) is 0 Å². The zero-order chi connectivity index (χ0) is 17.8. The molecule has 0 spiro atoms. The Morgan fingerprint density at radius 1 is 1.16 bits per heavy atom. The molecule has 128 valence electrons. The number of carbonyl (C=O) groups is 1. The maximum Gasteiger partial charge on any atom is 0.322 e. The van der Waals surface area contributed by atoms with Gasteiger partial charge in [-0.05, 0) is 42.5 Å². The minimum atomic E-state index is -0.287. The summed E-state index contributed by atoms with van der Waals surface area (Å²) >= 11 is 5.14. The topological polar surface area (TPSA) is 68.0 Å². The molecule has 25 heavy (non-hydrogen) atoms. The minimum Gasteiger partial charge on any atom is -0.403 e. The van der Waals surface area contributed by atoms with Gasteiger partial charge in [-0.15, -0.1) is 16.9 Å². The second kappa shape index (κ2) is 7.84. The number of aromatic nitrogens is 2. The van der Waals surface area contributed by atoms with Gasteiger partial charge in [0.05, 0.1) is 0 Å². The molecule has 0 radical (unpaired) electrons. The SMILES string of the molecule is CC(C)Sc1ccc(C(=O)Nc2nnc(-c3cccc(Br)c3)o2)cc1. The monoisotopic (exact) mass is 417 g/mol. The number of benzene rings is 2. The van der Waals surface area contributed by atoms with E-state index in [9.17, 15) is 4.79 Å². The van der Waals surface area contributed by atoms with E-state index in [1.807, 2.05) is 36.4 Å². The molecular formula is C18H16BrN3O2S. The fourth-order valence-corrected chi connectivity index (χ4v) is 3.38. The van der Waals surface area contributed by atoms with Crippen molar-refractivity contribution in [1.82, 2.24) is 10.2 Å². The van der Waals surface area contributed by atoms with E-state index in [1.54, 1.807) is 23.9 Å². The van der Waals surface area contributed by atoms with Gasteiger partial charge in [0.15, 0.2) is 0 Å². The number of hydrogen-bond acceptors (Lipinski definition) is 5. The Labute approximate surface area is 158 Å². The molecule has 1 N–H and O–H groups in total. The largest absolute Gasteiger partial charge is 0.403 e. The van der Waals surface area contributed by atoms with Crippen LogP contribution in [0.3, 0.4) is 0 Å². The van der Waals surface area contributed by atoms with Crippen molar-refractivity contribution in [1.29, 1.82) is 0 Å². The third kappa shape index (κ3) is 4.70. The maximum atomic E-state index is 12.3. The number of thioether (sulfide) groups is 1. The van der Waals surface area contributed by atoms with E-state index >= 15 is 0 Å². The smallest absolute Gasteiger partial charge is 0.322 e. The molecule has 0 saturated carbocycles. The first kappa shape index (κ1) is 17.7. The number of rotatable bonds is 5. The Morgan fingerprint density at radius 3 is 2.60 bits per heavy atom. The zero-order valence-electron chi connectivity index (χ0n) is 13.7. The molecule has 0 fully saturated rings. The molecule has 2 aromatic carbocycles. The van der Waals surface area contributed by atoms with Gasteiger partial charge in [0.25, 0.3) is 5.91 Å². The molecule has 0 aliphatic carbocycles. The number of nitrogens with one attached hydrogen (secondary N) is 1. The summed E-state index contributed by atoms with van der Waals surface area (Å²) in [6.45, 7) is 4.26. The Hall–Kier alpha value is -2.12. The Balaban J connectivity index is 1.69. The molecule has 7 heteroatoms. The standard InChI is InChI=1S/C18H16BrN3O2S/c1-11(2)25-15-8-6-12(7-9-15)16(23)20-18-22-21-17(24-18)13-4-3-5-14(19)10-13/h3-11H,1-2H3,(H,20,22,23). The number of halogens is 1. The highest BCUT2D eigenvalue weighted by Crippen LogP contribution is 2.24. The average molecular weight is 418 g/mol. The van der Waals surface area contributed by atoms with Gasteiger partial charge in [-0.1, -0.05) is 40.9 Å². The van der Waals surface area contributed by atoms with Gasteiger partial charge in [-0.3, -0.25) is 10.1 Å². The molecule has 0 bridgehead atoms. The molecule has 0 saturated heterocycles. The molecule has 3 rings (SSSR count). The molecule has 1 amide bonds. The third-order valence-corrected chi connectivity index (χ3v) is 4.71. The van der Waals surface area contributed by atoms with Crippen LogP contribution in [0.2, 0.25) is 0 Å². The van der Waals surface area contributed by atoms with Crippen molar-refractivity contribution in [3.63, 3.8) is 0 Å². The predicted molar refractivity (Wildman–Crippen MR) is 103 cm³/mol. The second-order valence-corrected chi connectivity index (χ2v) is 8.13. The number of nitrogens with zero attached hydrogens (tertiary/aromatic N) is 2. The minimum absolute atomic E-state index is 0.0700. The van der Waals surface area contributed by atoms with Crippen LogP contribution >= 0.6 is 27.7 Å². The van der Waals surface area contributed by atoms with Gasteiger partial charge in [-0.2, -0.15) is 0 Å². The van der Waals surface area contributed by atoms with E-state index in [0.29, 0.717) is 16.7 Å². The van der Waals surface area contributed by atoms with E-state index in [4.69, 9.17) is 4.42 Å². The molecule has 0 unspecified atom stereocenters. The van der Waals surface area contributed by atoms with Crippen LogP contribution < -0.4 is 5.32 Å². The molecule has 0 aliphatic rings. The lowest BCUT2D eigenvalue weighted by molar-refractivity contribution is 0.102. The summed E-state index contributed by atoms with van der Waals surface area (Å²) < 4.78 is 6.42. The zero-order valence-corrected chi connectivity index (χ0v) is 16.1. The van der Waals surface area contributed by atoms with Gasteiger partial charge in [0.2, 0.25) is 5.89 Å². The first-order valence-corrected chi connectivity index (χ1v) is 9.36. The van der Waals surface area contributed by atoms with Crippen molar-refractivity contribution < 1.29 is 9.21 Å². The summed E-state index contributed by atoms with van der Waals surface area (Å²) in [5.74, 6) is 0.0609. The number of hydrogen-bond donors (Lipinski definition) is 1. The summed E-state index contributed by atoms with van der Waals surface area (Å²) in [7, 11) is 0. The lowest BCUT2D eigenvalue weighted by atomic mass is 10.2. The van der Waals surface area contributed by atoms with Crippen molar-refractivity contribution in [2.24, 2.45) is 0 Å². The number of anilines is 1. The third-order valence-electron chi connectivity index (χ3n) is 3.21. The van der Waals surface area contributed by atoms with E-state index in [1.165, 1.54) is 0 Å². The van der Waals surface area contributed by atoms with Crippen LogP contribution in [0.1, 0.15) is 24.2 Å². The fraction of sp³-hybridized carbons (Fsp3) is 0.167. The van der Waals surface area contributed by atoms with Crippen molar-refractivity contribution in [2.75, 3.05) is 5.32 Å². The van der Waals surface area contributed by atoms with E-state index < -0.39 is 0 Å². The summed E-state index contributed by atoms with van der Waals surface area (Å²) in [6, 6.07) is 15.0. The van der Waals surface area contributed by atoms with Crippen LogP contribution in [-0.4, -0.2) is 21.4 Å². The quantitative estimate of drug-likeness (QED) is 0.573. The van der Waals surface area contributed by atoms with Crippen LogP contribution in [-0.2, 0) is 0 Å². The first-order valence-electron chi connectivity index (χ1n) is 7.69. The summed E-state index contributed by atoms with van der Waals surface area (Å²) in [6.07, 6.45) is 0. The Kier molecular flexibility index (Phi) is 5.55. The molecule has 1 heterocycles. The molecule has 3 aromatic rings. The van der Waals surface area contributed by atoms with E-state index in [-0.39, 0.29) is 11.9 Å². The highest BCUT2D eigenvalue weighted by Gasteiger charge is 2.13. The number of amides is 1. The van der Waals surface area contributed by atoms with Crippen LogP contribution in [0, 0.1) is 0 Å². The van der Waals surface area contributed by atoms with Crippen LogP contribution in [0.5, 0.6) is 0 Å². The van der Waals surface area contributed by atoms with Gasteiger partial charge >= 0.3 is 6.01 Å². The lowest BCUT2D eigenvalue weighted by Crippen LogP contribution is -2.11. The number of carbonyl (C=O) groups excluding carboxylic acids is 1. The van der Waals surface area contributed by atoms with E-state index in [0.717, 1.165) is 14.9 Å². The molecule has 0 atom stereocenters. The lowest BCUT2D eigenvalue weighted by Gasteiger charge is -2.05. The predicted octanol–water partition coefficient (Wildman–Crippen LogP) is 5.25. The van der Waals surface area contributed by atoms with Crippen molar-refractivity contribution >= 4 is 39.6 Å². The highest BCUT2D eigenvalue weighted by molar-refractivity contribution is 9.10. The molecule has 5 nitrogen and oxygen atoms in total. The molecular weight excluding hydrogens is 402 g/mol. The Morgan fingerprint density at radius 2 is 1.92 bits per heavy atom. The van der Waals surface area contributed by atoms with E-state index in [2.05, 4.69) is 45.3 Å². The van der Waals surface area contributed by atoms with Crippen LogP contribution in [0.4, 0.5) is 6.01 Å². The van der Waals surface area contributed by atoms with Gasteiger partial charge in [0, 0.05) is 25.7 Å². The highest BCUT2D eigenvalue weighted by atomic mass is 79.9. The summed E-state index contributed by atoms with van der Waals surface area (Å²) in [5.41, 5.74) is 1.31. The summed E-state index contributed by atoms with van der Waals surface area (Å²) in [4.78, 5) is 13.4. The van der Waals surface area contributed by atoms with Gasteiger partial charge in [0.1, 0.15) is 0 Å². The Bertz CT molecular complexity index is 878. The molecule has 0 aliphatic heterocycles. The maximum absolute atomic E-state index is 12.3. The molecule has 1 aromatic heterocycles. The second-order valence-electron chi connectivity index (χ2n) is 5.57.